The van der Waals surface area contributed by atoms with Crippen LogP contribution in [0.25, 0.3) is 6.08 Å². The number of carbonyl (C=O) groups is 1. The normalized spacial score (nSPS) is 12.3. The molecule has 84 valence electrons. The fourth-order valence-corrected chi connectivity index (χ4v) is 1.23. The van der Waals surface area contributed by atoms with E-state index in [4.69, 9.17) is 5.26 Å². The third kappa shape index (κ3) is 2.80. The molecule has 16 heavy (non-hydrogen) atoms. The summed E-state index contributed by atoms with van der Waals surface area (Å²) in [5, 5.41) is 12.9. The van der Waals surface area contributed by atoms with Gasteiger partial charge in [0.15, 0.2) is 5.78 Å². The van der Waals surface area contributed by atoms with Crippen LogP contribution < -0.4 is 0 Å². The Hall–Kier alpha value is -1.89. The molecule has 0 aliphatic rings. The van der Waals surface area contributed by atoms with Crippen LogP contribution in [0.5, 0.6) is 0 Å². The van der Waals surface area contributed by atoms with Gasteiger partial charge in [0.05, 0.1) is 11.8 Å². The minimum Gasteiger partial charge on any atom is -0.293 e. The Bertz CT molecular complexity index is 469. The lowest BCUT2D eigenvalue weighted by molar-refractivity contribution is -0.121. The van der Waals surface area contributed by atoms with E-state index in [1.165, 1.54) is 0 Å². The van der Waals surface area contributed by atoms with Crippen LogP contribution in [0.4, 0.5) is 0 Å². The molecule has 4 nitrogen and oxygen atoms in total. The Morgan fingerprint density at radius 1 is 1.56 bits per heavy atom. The Labute approximate surface area is 95.2 Å². The first-order valence-corrected chi connectivity index (χ1v) is 5.00. The van der Waals surface area contributed by atoms with Gasteiger partial charge in [-0.3, -0.25) is 9.48 Å². The second-order valence-corrected chi connectivity index (χ2v) is 4.70. The maximum Gasteiger partial charge on any atom is 0.178 e. The molecular formula is C12H15N3O. The van der Waals surface area contributed by atoms with Gasteiger partial charge in [-0.25, -0.2) is 0 Å². The lowest BCUT2D eigenvalue weighted by Crippen LogP contribution is -2.21. The third-order valence-corrected chi connectivity index (χ3v) is 2.08. The molecule has 0 saturated carbocycles. The van der Waals surface area contributed by atoms with Crippen molar-refractivity contribution in [2.75, 3.05) is 0 Å². The number of hydrogen-bond donors (Lipinski definition) is 0. The Morgan fingerprint density at radius 2 is 2.19 bits per heavy atom. The zero-order valence-corrected chi connectivity index (χ0v) is 9.98. The van der Waals surface area contributed by atoms with Crippen LogP contribution in [-0.2, 0) is 11.8 Å². The van der Waals surface area contributed by atoms with Gasteiger partial charge in [-0.1, -0.05) is 20.8 Å². The predicted octanol–water partition coefficient (Wildman–Crippen LogP) is 1.94. The predicted molar refractivity (Wildman–Crippen MR) is 61.3 cm³/mol. The largest absolute Gasteiger partial charge is 0.293 e. The smallest absolute Gasteiger partial charge is 0.178 e. The number of rotatable bonds is 2. The molecule has 0 N–H and O–H groups in total. The average molecular weight is 217 g/mol. The van der Waals surface area contributed by atoms with E-state index in [0.717, 1.165) is 5.56 Å². The molecular weight excluding hydrogens is 202 g/mol. The van der Waals surface area contributed by atoms with Crippen molar-refractivity contribution < 1.29 is 4.79 Å². The SMILES string of the molecule is Cn1cc(/C=C(\C#N)C(=O)C(C)(C)C)cn1. The van der Waals surface area contributed by atoms with Gasteiger partial charge < -0.3 is 0 Å². The lowest BCUT2D eigenvalue weighted by atomic mass is 9.86. The van der Waals surface area contributed by atoms with Crippen LogP contribution in [0.15, 0.2) is 18.0 Å². The van der Waals surface area contributed by atoms with Gasteiger partial charge in [-0.2, -0.15) is 10.4 Å². The molecule has 0 atom stereocenters. The highest BCUT2D eigenvalue weighted by atomic mass is 16.1. The molecule has 0 spiro atoms. The molecule has 0 radical (unpaired) electrons. The van der Waals surface area contributed by atoms with Crippen molar-refractivity contribution in [1.82, 2.24) is 9.78 Å². The van der Waals surface area contributed by atoms with Gasteiger partial charge in [-0.05, 0) is 6.08 Å². The Morgan fingerprint density at radius 3 is 2.56 bits per heavy atom. The summed E-state index contributed by atoms with van der Waals surface area (Å²) in [6.07, 6.45) is 4.95. The van der Waals surface area contributed by atoms with Gasteiger partial charge in [0.1, 0.15) is 6.07 Å². The van der Waals surface area contributed by atoms with E-state index in [9.17, 15) is 4.79 Å². The highest BCUT2D eigenvalue weighted by Crippen LogP contribution is 2.20. The topological polar surface area (TPSA) is 58.7 Å². The van der Waals surface area contributed by atoms with Crippen LogP contribution in [-0.4, -0.2) is 15.6 Å². The van der Waals surface area contributed by atoms with Crippen LogP contribution in [0, 0.1) is 16.7 Å². The van der Waals surface area contributed by atoms with Crippen molar-refractivity contribution in [3.05, 3.63) is 23.5 Å². The maximum absolute atomic E-state index is 11.9. The van der Waals surface area contributed by atoms with Crippen molar-refractivity contribution in [2.45, 2.75) is 20.8 Å². The maximum atomic E-state index is 11.9. The van der Waals surface area contributed by atoms with E-state index in [1.54, 1.807) is 51.0 Å². The molecule has 1 rings (SSSR count). The summed E-state index contributed by atoms with van der Waals surface area (Å²) in [5.41, 5.74) is 0.390. The van der Waals surface area contributed by atoms with Crippen molar-refractivity contribution in [3.63, 3.8) is 0 Å². The first-order chi connectivity index (χ1) is 7.34. The zero-order chi connectivity index (χ0) is 12.3. The van der Waals surface area contributed by atoms with Crippen LogP contribution in [0.2, 0.25) is 0 Å². The van der Waals surface area contributed by atoms with Crippen LogP contribution in [0.1, 0.15) is 26.3 Å². The zero-order valence-electron chi connectivity index (χ0n) is 9.98. The first-order valence-electron chi connectivity index (χ1n) is 5.00. The summed E-state index contributed by atoms with van der Waals surface area (Å²) in [4.78, 5) is 11.9. The summed E-state index contributed by atoms with van der Waals surface area (Å²) in [6, 6.07) is 1.94. The number of aryl methyl sites for hydroxylation is 1. The number of carbonyl (C=O) groups excluding carboxylic acids is 1. The molecule has 0 amide bonds. The lowest BCUT2D eigenvalue weighted by Gasteiger charge is -2.15. The Balaban J connectivity index is 3.05. The quantitative estimate of drug-likeness (QED) is 0.562. The number of allylic oxidation sites excluding steroid dienone is 1. The molecule has 0 saturated heterocycles. The molecule has 4 heteroatoms. The number of ketones is 1. The van der Waals surface area contributed by atoms with E-state index in [1.807, 2.05) is 6.07 Å². The Kier molecular flexibility index (Phi) is 3.28. The minimum atomic E-state index is -0.538. The summed E-state index contributed by atoms with van der Waals surface area (Å²) in [7, 11) is 1.79. The molecule has 0 fully saturated rings. The molecule has 0 aromatic carbocycles. The number of Topliss-reactive ketones (excluding diaryl/α,β-unsaturated/α-hetero) is 1. The van der Waals surface area contributed by atoms with Crippen molar-refractivity contribution in [2.24, 2.45) is 12.5 Å². The molecule has 0 bridgehead atoms. The second kappa shape index (κ2) is 4.31. The molecule has 0 aliphatic heterocycles. The molecule has 0 unspecified atom stereocenters. The summed E-state index contributed by atoms with van der Waals surface area (Å²) in [6.45, 7) is 5.39. The molecule has 1 heterocycles. The first kappa shape index (κ1) is 12.2. The highest BCUT2D eigenvalue weighted by molar-refractivity contribution is 6.06. The van der Waals surface area contributed by atoms with E-state index in [0.29, 0.717) is 0 Å². The number of nitriles is 1. The highest BCUT2D eigenvalue weighted by Gasteiger charge is 2.24. The fourth-order valence-electron chi connectivity index (χ4n) is 1.23. The average Bonchev–Trinajstić information content (AvgIpc) is 2.58. The second-order valence-electron chi connectivity index (χ2n) is 4.70. The van der Waals surface area contributed by atoms with Gasteiger partial charge in [0.2, 0.25) is 0 Å². The van der Waals surface area contributed by atoms with E-state index < -0.39 is 5.41 Å². The van der Waals surface area contributed by atoms with Crippen molar-refractivity contribution >= 4 is 11.9 Å². The minimum absolute atomic E-state index is 0.154. The van der Waals surface area contributed by atoms with Crippen LogP contribution in [0.3, 0.4) is 0 Å². The third-order valence-electron chi connectivity index (χ3n) is 2.08. The summed E-state index contributed by atoms with van der Waals surface area (Å²) < 4.78 is 1.63. The molecule has 1 aromatic heterocycles. The van der Waals surface area contributed by atoms with Crippen molar-refractivity contribution in [3.8, 4) is 6.07 Å². The number of aromatic nitrogens is 2. The molecule has 1 aromatic rings. The van der Waals surface area contributed by atoms with Gasteiger partial charge in [-0.15, -0.1) is 0 Å². The van der Waals surface area contributed by atoms with Gasteiger partial charge >= 0.3 is 0 Å². The summed E-state index contributed by atoms with van der Waals surface area (Å²) >= 11 is 0. The molecule has 0 aliphatic carbocycles. The standard InChI is InChI=1S/C12H15N3O/c1-12(2,3)11(16)10(6-13)5-9-7-14-15(4)8-9/h5,7-8H,1-4H3/b10-5+. The van der Waals surface area contributed by atoms with Crippen LogP contribution >= 0.6 is 0 Å². The number of nitrogens with zero attached hydrogens (tertiary/aromatic N) is 3. The number of hydrogen-bond acceptors (Lipinski definition) is 3. The van der Waals surface area contributed by atoms with E-state index >= 15 is 0 Å². The van der Waals surface area contributed by atoms with Crippen molar-refractivity contribution in [1.29, 1.82) is 5.26 Å². The summed E-state index contributed by atoms with van der Waals surface area (Å²) in [5.74, 6) is -0.154. The van der Waals surface area contributed by atoms with Gasteiger partial charge in [0, 0.05) is 24.2 Å². The van der Waals surface area contributed by atoms with E-state index in [2.05, 4.69) is 5.10 Å². The van der Waals surface area contributed by atoms with E-state index in [-0.39, 0.29) is 11.4 Å². The monoisotopic (exact) mass is 217 g/mol. The van der Waals surface area contributed by atoms with Gasteiger partial charge in [0.25, 0.3) is 0 Å². The fraction of sp³-hybridized carbons (Fsp3) is 0.417.